The third-order valence-corrected chi connectivity index (χ3v) is 5.01. The van der Waals surface area contributed by atoms with Gasteiger partial charge in [0.1, 0.15) is 18.0 Å². The molecule has 3 rings (SSSR count). The third kappa shape index (κ3) is 3.24. The molecule has 1 fully saturated rings. The van der Waals surface area contributed by atoms with E-state index in [2.05, 4.69) is 45.6 Å². The Kier molecular flexibility index (Phi) is 4.66. The Bertz CT molecular complexity index is 678. The van der Waals surface area contributed by atoms with Crippen molar-refractivity contribution in [3.63, 3.8) is 0 Å². The van der Waals surface area contributed by atoms with Gasteiger partial charge >= 0.3 is 0 Å². The molecule has 0 radical (unpaired) electrons. The van der Waals surface area contributed by atoms with Gasteiger partial charge in [-0.3, -0.25) is 0 Å². The van der Waals surface area contributed by atoms with E-state index in [1.807, 2.05) is 12.3 Å². The van der Waals surface area contributed by atoms with Gasteiger partial charge in [0.2, 0.25) is 0 Å². The molecule has 3 heterocycles. The van der Waals surface area contributed by atoms with Crippen LogP contribution < -0.4 is 9.80 Å². The Morgan fingerprint density at radius 1 is 1.30 bits per heavy atom. The molecule has 1 unspecified atom stereocenters. The maximum absolute atomic E-state index is 4.73. The summed E-state index contributed by atoms with van der Waals surface area (Å²) in [6.45, 7) is 6.12. The zero-order valence-electron chi connectivity index (χ0n) is 14.0. The van der Waals surface area contributed by atoms with Gasteiger partial charge in [0.25, 0.3) is 0 Å². The minimum atomic E-state index is 0.428. The summed E-state index contributed by atoms with van der Waals surface area (Å²) in [5.74, 6) is 2.03. The minimum Gasteiger partial charge on any atom is -0.355 e. The number of likely N-dealkylation sites (N-methyl/N-ethyl adjacent to an activating group) is 1. The second kappa shape index (κ2) is 6.70. The van der Waals surface area contributed by atoms with Gasteiger partial charge in [-0.25, -0.2) is 19.9 Å². The molecule has 7 heteroatoms. The lowest BCUT2D eigenvalue weighted by atomic mass is 10.2. The summed E-state index contributed by atoms with van der Waals surface area (Å²) >= 11 is 1.59. The lowest BCUT2D eigenvalue weighted by Crippen LogP contribution is -2.35. The fourth-order valence-corrected chi connectivity index (χ4v) is 3.32. The monoisotopic (exact) mass is 330 g/mol. The van der Waals surface area contributed by atoms with Crippen LogP contribution in [0.1, 0.15) is 17.7 Å². The summed E-state index contributed by atoms with van der Waals surface area (Å²) in [5, 5.41) is 0.843. The molecule has 23 heavy (non-hydrogen) atoms. The molecule has 0 amide bonds. The molecule has 1 saturated heterocycles. The van der Waals surface area contributed by atoms with Crippen LogP contribution in [0.5, 0.6) is 0 Å². The number of hydrogen-bond donors (Lipinski definition) is 0. The van der Waals surface area contributed by atoms with Gasteiger partial charge in [0.15, 0.2) is 5.16 Å². The van der Waals surface area contributed by atoms with Gasteiger partial charge in [-0.2, -0.15) is 0 Å². The first-order valence-corrected chi connectivity index (χ1v) is 8.95. The summed E-state index contributed by atoms with van der Waals surface area (Å²) < 4.78 is 0. The lowest BCUT2D eigenvalue weighted by Gasteiger charge is -2.26. The Balaban J connectivity index is 1.79. The number of anilines is 2. The van der Waals surface area contributed by atoms with Crippen LogP contribution in [-0.4, -0.2) is 52.4 Å². The fraction of sp³-hybridized carbons (Fsp3) is 0.500. The maximum Gasteiger partial charge on any atom is 0.189 e. The zero-order valence-corrected chi connectivity index (χ0v) is 14.8. The predicted molar refractivity (Wildman–Crippen MR) is 94.3 cm³/mol. The lowest BCUT2D eigenvalue weighted by molar-refractivity contribution is 0.682. The van der Waals surface area contributed by atoms with E-state index in [9.17, 15) is 0 Å². The molecule has 0 spiro atoms. The third-order valence-electron chi connectivity index (χ3n) is 4.46. The molecule has 1 atom stereocenters. The van der Waals surface area contributed by atoms with Crippen LogP contribution in [0.3, 0.4) is 0 Å². The molecular weight excluding hydrogens is 308 g/mol. The highest BCUT2D eigenvalue weighted by molar-refractivity contribution is 7.98. The van der Waals surface area contributed by atoms with Crippen molar-refractivity contribution in [3.05, 3.63) is 29.8 Å². The van der Waals surface area contributed by atoms with Crippen LogP contribution in [0.4, 0.5) is 11.6 Å². The van der Waals surface area contributed by atoms with E-state index < -0.39 is 0 Å². The summed E-state index contributed by atoms with van der Waals surface area (Å²) in [5.41, 5.74) is 2.24. The molecule has 1 aliphatic heterocycles. The molecule has 122 valence electrons. The molecule has 2 aromatic rings. The van der Waals surface area contributed by atoms with Gasteiger partial charge in [-0.1, -0.05) is 11.8 Å². The van der Waals surface area contributed by atoms with Crippen molar-refractivity contribution in [1.82, 2.24) is 19.9 Å². The van der Waals surface area contributed by atoms with Crippen LogP contribution in [0, 0.1) is 13.8 Å². The smallest absolute Gasteiger partial charge is 0.189 e. The Labute approximate surface area is 141 Å². The molecule has 0 bridgehead atoms. The van der Waals surface area contributed by atoms with Gasteiger partial charge in [0.05, 0.1) is 0 Å². The maximum atomic E-state index is 4.73. The molecule has 0 aliphatic carbocycles. The first kappa shape index (κ1) is 16.0. The van der Waals surface area contributed by atoms with Gasteiger partial charge < -0.3 is 9.80 Å². The van der Waals surface area contributed by atoms with Crippen molar-refractivity contribution in [2.24, 2.45) is 0 Å². The highest BCUT2D eigenvalue weighted by Crippen LogP contribution is 2.28. The first-order valence-electron chi connectivity index (χ1n) is 7.73. The molecule has 0 aromatic carbocycles. The molecular formula is C16H22N6S. The standard InChI is InChI=1S/C16H22N6S/c1-11-12(2)19-16(23-4)20-15(11)22-8-6-13(9-22)21(3)14-5-7-17-10-18-14/h5,7,10,13H,6,8-9H2,1-4H3. The number of thioether (sulfide) groups is 1. The molecule has 6 nitrogen and oxygen atoms in total. The average Bonchev–Trinajstić information content (AvgIpc) is 3.07. The van der Waals surface area contributed by atoms with E-state index in [-0.39, 0.29) is 0 Å². The highest BCUT2D eigenvalue weighted by atomic mass is 32.2. The normalized spacial score (nSPS) is 17.6. The first-order chi connectivity index (χ1) is 11.1. The van der Waals surface area contributed by atoms with Crippen LogP contribution in [0.15, 0.2) is 23.7 Å². The highest BCUT2D eigenvalue weighted by Gasteiger charge is 2.28. The van der Waals surface area contributed by atoms with E-state index in [1.54, 1.807) is 24.3 Å². The molecule has 1 aliphatic rings. The fourth-order valence-electron chi connectivity index (χ4n) is 2.92. The zero-order chi connectivity index (χ0) is 16.4. The van der Waals surface area contributed by atoms with Crippen molar-refractivity contribution < 1.29 is 0 Å². The molecule has 0 N–H and O–H groups in total. The van der Waals surface area contributed by atoms with Crippen molar-refractivity contribution in [2.45, 2.75) is 31.5 Å². The summed E-state index contributed by atoms with van der Waals surface area (Å²) in [6.07, 6.45) is 6.50. The Morgan fingerprint density at radius 2 is 2.13 bits per heavy atom. The van der Waals surface area contributed by atoms with E-state index in [0.717, 1.165) is 42.0 Å². The Hall–Kier alpha value is -1.89. The summed E-state index contributed by atoms with van der Waals surface area (Å²) in [6, 6.07) is 2.38. The van der Waals surface area contributed by atoms with Crippen LogP contribution in [0.25, 0.3) is 0 Å². The van der Waals surface area contributed by atoms with E-state index in [4.69, 9.17) is 4.98 Å². The van der Waals surface area contributed by atoms with Crippen molar-refractivity contribution in [2.75, 3.05) is 36.2 Å². The van der Waals surface area contributed by atoms with E-state index in [0.29, 0.717) is 6.04 Å². The number of hydrogen-bond acceptors (Lipinski definition) is 7. The van der Waals surface area contributed by atoms with Gasteiger partial charge in [0, 0.05) is 43.6 Å². The Morgan fingerprint density at radius 3 is 2.83 bits per heavy atom. The largest absolute Gasteiger partial charge is 0.355 e. The number of aryl methyl sites for hydroxylation is 1. The van der Waals surface area contributed by atoms with Crippen LogP contribution >= 0.6 is 11.8 Å². The van der Waals surface area contributed by atoms with Gasteiger partial charge in [-0.05, 0) is 32.6 Å². The molecule has 2 aromatic heterocycles. The SMILES string of the molecule is CSc1nc(C)c(C)c(N2CCC(N(C)c3ccncn3)C2)n1. The van der Waals surface area contributed by atoms with Crippen molar-refractivity contribution in [3.8, 4) is 0 Å². The minimum absolute atomic E-state index is 0.428. The molecule has 0 saturated carbocycles. The average molecular weight is 330 g/mol. The summed E-state index contributed by atoms with van der Waals surface area (Å²) in [7, 11) is 2.10. The van der Waals surface area contributed by atoms with Crippen LogP contribution in [-0.2, 0) is 0 Å². The van der Waals surface area contributed by atoms with Crippen molar-refractivity contribution in [1.29, 1.82) is 0 Å². The second-order valence-electron chi connectivity index (χ2n) is 5.81. The van der Waals surface area contributed by atoms with E-state index in [1.165, 1.54) is 5.56 Å². The van der Waals surface area contributed by atoms with Gasteiger partial charge in [-0.15, -0.1) is 0 Å². The topological polar surface area (TPSA) is 58.0 Å². The second-order valence-corrected chi connectivity index (χ2v) is 6.58. The number of aromatic nitrogens is 4. The van der Waals surface area contributed by atoms with E-state index >= 15 is 0 Å². The summed E-state index contributed by atoms with van der Waals surface area (Å²) in [4.78, 5) is 22.2. The quantitative estimate of drug-likeness (QED) is 0.630. The number of nitrogens with zero attached hydrogens (tertiary/aromatic N) is 6. The number of rotatable bonds is 4. The van der Waals surface area contributed by atoms with Crippen LogP contribution in [0.2, 0.25) is 0 Å². The van der Waals surface area contributed by atoms with Crippen molar-refractivity contribution >= 4 is 23.4 Å². The predicted octanol–water partition coefficient (Wildman–Crippen LogP) is 2.32.